The molecule has 5 N–H and O–H groups in total. The highest BCUT2D eigenvalue weighted by atomic mass is 16.4. The molecule has 2 aromatic rings. The van der Waals surface area contributed by atoms with Gasteiger partial charge in [-0.05, 0) is 29.7 Å². The van der Waals surface area contributed by atoms with Crippen molar-refractivity contribution in [3.8, 4) is 5.75 Å². The monoisotopic (exact) mass is 275 g/mol. The summed E-state index contributed by atoms with van der Waals surface area (Å²) in [5.41, 5.74) is 6.32. The molecule has 0 amide bonds. The van der Waals surface area contributed by atoms with Gasteiger partial charge < -0.3 is 21.1 Å². The summed E-state index contributed by atoms with van der Waals surface area (Å²) in [4.78, 5) is 11.2. The third-order valence-corrected chi connectivity index (χ3v) is 3.34. The number of hydrogen-bond donors (Lipinski definition) is 4. The van der Waals surface area contributed by atoms with Crippen molar-refractivity contribution in [3.05, 3.63) is 41.5 Å². The Morgan fingerprint density at radius 1 is 1.30 bits per heavy atom. The van der Waals surface area contributed by atoms with Crippen LogP contribution >= 0.6 is 0 Å². The summed E-state index contributed by atoms with van der Waals surface area (Å²) in [6, 6.07) is 8.11. The van der Waals surface area contributed by atoms with Crippen LogP contribution in [0.1, 0.15) is 34.8 Å². The predicted molar refractivity (Wildman–Crippen MR) is 75.8 cm³/mol. The zero-order valence-electron chi connectivity index (χ0n) is 10.9. The maximum Gasteiger partial charge on any atom is 0.339 e. The van der Waals surface area contributed by atoms with E-state index in [0.29, 0.717) is 18.4 Å². The van der Waals surface area contributed by atoms with Crippen LogP contribution in [0.3, 0.4) is 0 Å². The van der Waals surface area contributed by atoms with E-state index in [9.17, 15) is 9.90 Å². The van der Waals surface area contributed by atoms with Crippen molar-refractivity contribution in [2.45, 2.75) is 18.9 Å². The van der Waals surface area contributed by atoms with Crippen molar-refractivity contribution in [1.82, 2.24) is 0 Å². The second-order valence-electron chi connectivity index (χ2n) is 4.69. The zero-order chi connectivity index (χ0) is 14.7. The number of phenols is 1. The van der Waals surface area contributed by atoms with Gasteiger partial charge >= 0.3 is 5.97 Å². The molecule has 0 aromatic heterocycles. The van der Waals surface area contributed by atoms with Gasteiger partial charge in [0.2, 0.25) is 0 Å². The predicted octanol–water partition coefficient (Wildman–Crippen LogP) is 2.02. The Morgan fingerprint density at radius 2 is 2.00 bits per heavy atom. The Kier molecular flexibility index (Phi) is 4.22. The first kappa shape index (κ1) is 14.3. The minimum atomic E-state index is -1.19. The first-order valence-corrected chi connectivity index (χ1v) is 6.40. The maximum absolute atomic E-state index is 11.2. The summed E-state index contributed by atoms with van der Waals surface area (Å²) >= 11 is 0. The first-order chi connectivity index (χ1) is 9.56. The number of aromatic hydroxyl groups is 1. The summed E-state index contributed by atoms with van der Waals surface area (Å²) in [6.45, 7) is 0.00498. The molecular weight excluding hydrogens is 258 g/mol. The van der Waals surface area contributed by atoms with E-state index in [1.165, 1.54) is 6.07 Å². The molecule has 1 atom stereocenters. The lowest BCUT2D eigenvalue weighted by atomic mass is 9.92. The van der Waals surface area contributed by atoms with E-state index in [-0.39, 0.29) is 17.9 Å². The summed E-state index contributed by atoms with van der Waals surface area (Å²) < 4.78 is 0. The van der Waals surface area contributed by atoms with Gasteiger partial charge in [-0.15, -0.1) is 0 Å². The Bertz CT molecular complexity index is 639. The van der Waals surface area contributed by atoms with Gasteiger partial charge in [-0.3, -0.25) is 0 Å². The van der Waals surface area contributed by atoms with Gasteiger partial charge in [0.25, 0.3) is 0 Å². The van der Waals surface area contributed by atoms with Crippen LogP contribution in [0.5, 0.6) is 5.75 Å². The lowest BCUT2D eigenvalue weighted by Gasteiger charge is -2.17. The molecule has 5 heteroatoms. The van der Waals surface area contributed by atoms with Crippen LogP contribution in [0, 0.1) is 0 Å². The van der Waals surface area contributed by atoms with Crippen molar-refractivity contribution in [2.75, 3.05) is 6.61 Å². The Labute approximate surface area is 116 Å². The number of aliphatic hydroxyl groups excluding tert-OH is 1. The van der Waals surface area contributed by atoms with Crippen LogP contribution in [0.15, 0.2) is 30.3 Å². The molecule has 0 spiro atoms. The molecule has 0 saturated heterocycles. The van der Waals surface area contributed by atoms with Gasteiger partial charge in [-0.1, -0.05) is 24.3 Å². The molecular formula is C15H17NO4. The molecule has 0 radical (unpaired) electrons. The minimum Gasteiger partial charge on any atom is -0.507 e. The largest absolute Gasteiger partial charge is 0.507 e. The van der Waals surface area contributed by atoms with Crippen LogP contribution in [0.4, 0.5) is 0 Å². The quantitative estimate of drug-likeness (QED) is 0.668. The number of aliphatic hydroxyl groups is 1. The smallest absolute Gasteiger partial charge is 0.339 e. The van der Waals surface area contributed by atoms with Gasteiger partial charge in [-0.25, -0.2) is 4.79 Å². The fraction of sp³-hybridized carbons (Fsp3) is 0.267. The number of fused-ring (bicyclic) bond motifs is 1. The van der Waals surface area contributed by atoms with Crippen LogP contribution in [-0.4, -0.2) is 27.9 Å². The minimum absolute atomic E-state index is 0.00498. The second kappa shape index (κ2) is 5.90. The van der Waals surface area contributed by atoms with Gasteiger partial charge in [0.15, 0.2) is 0 Å². The van der Waals surface area contributed by atoms with E-state index < -0.39 is 12.0 Å². The SMILES string of the molecule is NC(CCCO)c1c(O)c(C(=O)O)cc2ccccc12. The number of carboxylic acids is 1. The molecule has 2 rings (SSSR count). The second-order valence-corrected chi connectivity index (χ2v) is 4.69. The summed E-state index contributed by atoms with van der Waals surface area (Å²) in [6.07, 6.45) is 0.962. The number of aromatic carboxylic acids is 1. The highest BCUT2D eigenvalue weighted by Gasteiger charge is 2.21. The summed E-state index contributed by atoms with van der Waals surface area (Å²) in [5, 5.41) is 29.7. The van der Waals surface area contributed by atoms with E-state index in [4.69, 9.17) is 15.9 Å². The Balaban J connectivity index is 2.65. The van der Waals surface area contributed by atoms with Gasteiger partial charge in [0.1, 0.15) is 11.3 Å². The molecule has 1 unspecified atom stereocenters. The molecule has 106 valence electrons. The lowest BCUT2D eigenvalue weighted by Crippen LogP contribution is -2.13. The van der Waals surface area contributed by atoms with Crippen molar-refractivity contribution >= 4 is 16.7 Å². The molecule has 0 heterocycles. The van der Waals surface area contributed by atoms with Crippen molar-refractivity contribution in [1.29, 1.82) is 0 Å². The average molecular weight is 275 g/mol. The van der Waals surface area contributed by atoms with Crippen molar-refractivity contribution in [3.63, 3.8) is 0 Å². The maximum atomic E-state index is 11.2. The van der Waals surface area contributed by atoms with Gasteiger partial charge in [0.05, 0.1) is 0 Å². The molecule has 0 aliphatic heterocycles. The molecule has 5 nitrogen and oxygen atoms in total. The van der Waals surface area contributed by atoms with E-state index in [0.717, 1.165) is 10.8 Å². The normalized spacial score (nSPS) is 12.5. The summed E-state index contributed by atoms with van der Waals surface area (Å²) in [7, 11) is 0. The number of benzene rings is 2. The molecule has 0 aliphatic carbocycles. The van der Waals surface area contributed by atoms with Crippen LogP contribution < -0.4 is 5.73 Å². The fourth-order valence-corrected chi connectivity index (χ4v) is 2.36. The van der Waals surface area contributed by atoms with E-state index in [2.05, 4.69) is 0 Å². The zero-order valence-corrected chi connectivity index (χ0v) is 10.9. The molecule has 0 saturated carbocycles. The van der Waals surface area contributed by atoms with Crippen molar-refractivity contribution < 1.29 is 20.1 Å². The molecule has 20 heavy (non-hydrogen) atoms. The fourth-order valence-electron chi connectivity index (χ4n) is 2.36. The topological polar surface area (TPSA) is 104 Å². The van der Waals surface area contributed by atoms with Crippen molar-refractivity contribution in [2.24, 2.45) is 5.73 Å². The molecule has 0 fully saturated rings. The van der Waals surface area contributed by atoms with Gasteiger partial charge in [0, 0.05) is 18.2 Å². The Morgan fingerprint density at radius 3 is 2.65 bits per heavy atom. The number of carbonyl (C=O) groups is 1. The van der Waals surface area contributed by atoms with E-state index in [1.807, 2.05) is 6.07 Å². The summed E-state index contributed by atoms with van der Waals surface area (Å²) in [5.74, 6) is -1.48. The van der Waals surface area contributed by atoms with E-state index in [1.54, 1.807) is 18.2 Å². The molecule has 0 aliphatic rings. The van der Waals surface area contributed by atoms with Crippen LogP contribution in [-0.2, 0) is 0 Å². The molecule has 0 bridgehead atoms. The third kappa shape index (κ3) is 2.59. The first-order valence-electron chi connectivity index (χ1n) is 6.40. The van der Waals surface area contributed by atoms with E-state index >= 15 is 0 Å². The third-order valence-electron chi connectivity index (χ3n) is 3.34. The highest BCUT2D eigenvalue weighted by molar-refractivity contribution is 5.99. The Hall–Kier alpha value is -2.11. The highest BCUT2D eigenvalue weighted by Crippen LogP contribution is 2.36. The number of hydrogen-bond acceptors (Lipinski definition) is 4. The molecule has 2 aromatic carbocycles. The van der Waals surface area contributed by atoms with Crippen LogP contribution in [0.2, 0.25) is 0 Å². The standard InChI is InChI=1S/C15H17NO4/c16-12(6-3-7-17)13-10-5-2-1-4-9(10)8-11(14(13)18)15(19)20/h1-2,4-5,8,12,17-18H,3,6-7,16H2,(H,19,20). The van der Waals surface area contributed by atoms with Gasteiger partial charge in [-0.2, -0.15) is 0 Å². The number of carboxylic acid groups (broad SMARTS) is 1. The number of rotatable bonds is 5. The number of nitrogens with two attached hydrogens (primary N) is 1. The van der Waals surface area contributed by atoms with Crippen LogP contribution in [0.25, 0.3) is 10.8 Å². The lowest BCUT2D eigenvalue weighted by molar-refractivity contribution is 0.0693. The average Bonchev–Trinajstić information content (AvgIpc) is 2.43.